The first-order chi connectivity index (χ1) is 9.29. The van der Waals surface area contributed by atoms with Gasteiger partial charge in [0.15, 0.2) is 5.76 Å². The van der Waals surface area contributed by atoms with Crippen LogP contribution in [-0.2, 0) is 13.2 Å². The molecule has 0 saturated heterocycles. The van der Waals surface area contributed by atoms with E-state index in [1.165, 1.54) is 18.4 Å². The van der Waals surface area contributed by atoms with Gasteiger partial charge in [-0.2, -0.15) is 0 Å². The Kier molecular flexibility index (Phi) is 3.51. The van der Waals surface area contributed by atoms with E-state index in [1.54, 1.807) is 0 Å². The zero-order valence-electron chi connectivity index (χ0n) is 11.1. The summed E-state index contributed by atoms with van der Waals surface area (Å²) in [5, 5.41) is 7.43. The van der Waals surface area contributed by atoms with Crippen LogP contribution in [0.4, 0.5) is 0 Å². The van der Waals surface area contributed by atoms with Gasteiger partial charge in [-0.25, -0.2) is 0 Å². The number of aryl methyl sites for hydroxylation is 1. The molecule has 0 atom stereocenters. The summed E-state index contributed by atoms with van der Waals surface area (Å²) in [4.78, 5) is 0. The maximum absolute atomic E-state index is 5.67. The summed E-state index contributed by atoms with van der Waals surface area (Å²) in [5.41, 5.74) is 2.12. The molecule has 1 heterocycles. The number of ether oxygens (including phenoxy) is 1. The first kappa shape index (κ1) is 12.2. The van der Waals surface area contributed by atoms with Crippen LogP contribution >= 0.6 is 0 Å². The van der Waals surface area contributed by atoms with Crippen LogP contribution in [0.15, 0.2) is 34.9 Å². The molecule has 0 spiro atoms. The molecule has 1 aliphatic rings. The summed E-state index contributed by atoms with van der Waals surface area (Å²) in [6.07, 6.45) is 2.56. The van der Waals surface area contributed by atoms with Crippen LogP contribution in [0.25, 0.3) is 0 Å². The van der Waals surface area contributed by atoms with Gasteiger partial charge in [-0.15, -0.1) is 0 Å². The molecular formula is C15H18N2O2. The summed E-state index contributed by atoms with van der Waals surface area (Å²) in [5.74, 6) is 1.61. The first-order valence-electron chi connectivity index (χ1n) is 6.67. The summed E-state index contributed by atoms with van der Waals surface area (Å²) in [6, 6.07) is 10.6. The smallest absolute Gasteiger partial charge is 0.174 e. The van der Waals surface area contributed by atoms with Crippen molar-refractivity contribution in [1.29, 1.82) is 0 Å². The number of aromatic nitrogens is 1. The second kappa shape index (κ2) is 5.45. The predicted molar refractivity (Wildman–Crippen MR) is 71.9 cm³/mol. The van der Waals surface area contributed by atoms with E-state index >= 15 is 0 Å². The molecule has 1 N–H and O–H groups in total. The highest BCUT2D eigenvalue weighted by atomic mass is 16.5. The minimum Gasteiger partial charge on any atom is -0.486 e. The highest BCUT2D eigenvalue weighted by molar-refractivity contribution is 5.27. The molecule has 0 amide bonds. The molecule has 0 radical (unpaired) electrons. The lowest BCUT2D eigenvalue weighted by molar-refractivity contribution is 0.248. The fourth-order valence-electron chi connectivity index (χ4n) is 1.90. The van der Waals surface area contributed by atoms with E-state index in [2.05, 4.69) is 10.5 Å². The van der Waals surface area contributed by atoms with Gasteiger partial charge in [-0.3, -0.25) is 0 Å². The monoisotopic (exact) mass is 258 g/mol. The number of hydrogen-bond donors (Lipinski definition) is 1. The second-order valence-corrected chi connectivity index (χ2v) is 5.04. The normalized spacial score (nSPS) is 14.6. The van der Waals surface area contributed by atoms with E-state index in [9.17, 15) is 0 Å². The van der Waals surface area contributed by atoms with E-state index in [1.807, 2.05) is 37.3 Å². The van der Waals surface area contributed by atoms with E-state index in [0.717, 1.165) is 23.7 Å². The molecule has 0 aliphatic heterocycles. The number of benzene rings is 1. The highest BCUT2D eigenvalue weighted by Gasteiger charge is 2.20. The van der Waals surface area contributed by atoms with Crippen LogP contribution in [0.1, 0.15) is 29.9 Å². The fraction of sp³-hybridized carbons (Fsp3) is 0.400. The lowest BCUT2D eigenvalue weighted by Crippen LogP contribution is -2.15. The summed E-state index contributed by atoms with van der Waals surface area (Å²) in [6.45, 7) is 3.24. The predicted octanol–water partition coefficient (Wildman–Crippen LogP) is 2.81. The molecule has 2 aromatic rings. The Balaban J connectivity index is 1.51. The van der Waals surface area contributed by atoms with Crippen molar-refractivity contribution < 1.29 is 9.26 Å². The van der Waals surface area contributed by atoms with Crippen molar-refractivity contribution in [3.63, 3.8) is 0 Å². The van der Waals surface area contributed by atoms with E-state index < -0.39 is 0 Å². The largest absolute Gasteiger partial charge is 0.486 e. The average Bonchev–Trinajstić information content (AvgIpc) is 3.13. The molecule has 1 aliphatic carbocycles. The van der Waals surface area contributed by atoms with Crippen molar-refractivity contribution in [2.75, 3.05) is 0 Å². The molecule has 0 bridgehead atoms. The molecule has 1 fully saturated rings. The van der Waals surface area contributed by atoms with Gasteiger partial charge in [0.1, 0.15) is 12.4 Å². The van der Waals surface area contributed by atoms with Crippen molar-refractivity contribution >= 4 is 0 Å². The van der Waals surface area contributed by atoms with Gasteiger partial charge in [-0.1, -0.05) is 17.3 Å². The molecule has 1 saturated carbocycles. The molecule has 1 aromatic carbocycles. The SMILES string of the molecule is Cc1cccc(OCc2cc(CNC3CC3)no2)c1. The van der Waals surface area contributed by atoms with E-state index in [4.69, 9.17) is 9.26 Å². The number of hydrogen-bond acceptors (Lipinski definition) is 4. The molecule has 19 heavy (non-hydrogen) atoms. The van der Waals surface area contributed by atoms with Crippen LogP contribution in [0.3, 0.4) is 0 Å². The average molecular weight is 258 g/mol. The van der Waals surface area contributed by atoms with Crippen LogP contribution in [0, 0.1) is 6.92 Å². The molecule has 3 rings (SSSR count). The van der Waals surface area contributed by atoms with Gasteiger partial charge in [0.05, 0.1) is 5.69 Å². The minimum absolute atomic E-state index is 0.417. The minimum atomic E-state index is 0.417. The van der Waals surface area contributed by atoms with Gasteiger partial charge >= 0.3 is 0 Å². The topological polar surface area (TPSA) is 47.3 Å². The lowest BCUT2D eigenvalue weighted by atomic mass is 10.2. The van der Waals surface area contributed by atoms with Gasteiger partial charge in [0.2, 0.25) is 0 Å². The van der Waals surface area contributed by atoms with Crippen molar-refractivity contribution in [1.82, 2.24) is 10.5 Å². The highest BCUT2D eigenvalue weighted by Crippen LogP contribution is 2.19. The standard InChI is InChI=1S/C15H18N2O2/c1-11-3-2-4-14(7-11)18-10-15-8-13(17-19-15)9-16-12-5-6-12/h2-4,7-8,12,16H,5-6,9-10H2,1H3. The lowest BCUT2D eigenvalue weighted by Gasteiger charge is -2.03. The first-order valence-corrected chi connectivity index (χ1v) is 6.67. The Bertz CT molecular complexity index is 547. The molecule has 1 aromatic heterocycles. The Labute approximate surface area is 112 Å². The Morgan fingerprint density at radius 3 is 3.05 bits per heavy atom. The fourth-order valence-corrected chi connectivity index (χ4v) is 1.90. The van der Waals surface area contributed by atoms with Crippen LogP contribution in [0.2, 0.25) is 0 Å². The number of nitrogens with zero attached hydrogens (tertiary/aromatic N) is 1. The molecule has 100 valence electrons. The summed E-state index contributed by atoms with van der Waals surface area (Å²) < 4.78 is 10.9. The van der Waals surface area contributed by atoms with E-state index in [0.29, 0.717) is 12.6 Å². The van der Waals surface area contributed by atoms with Crippen LogP contribution < -0.4 is 10.1 Å². The zero-order valence-corrected chi connectivity index (χ0v) is 11.1. The van der Waals surface area contributed by atoms with Crippen molar-refractivity contribution in [2.24, 2.45) is 0 Å². The van der Waals surface area contributed by atoms with Crippen LogP contribution in [0.5, 0.6) is 5.75 Å². The summed E-state index contributed by atoms with van der Waals surface area (Å²) in [7, 11) is 0. The molecular weight excluding hydrogens is 240 g/mol. The Morgan fingerprint density at radius 2 is 2.26 bits per heavy atom. The van der Waals surface area contributed by atoms with Gasteiger partial charge < -0.3 is 14.6 Å². The van der Waals surface area contributed by atoms with Gasteiger partial charge in [-0.05, 0) is 37.5 Å². The zero-order chi connectivity index (χ0) is 13.1. The maximum atomic E-state index is 5.67. The molecule has 4 nitrogen and oxygen atoms in total. The number of nitrogens with one attached hydrogen (secondary N) is 1. The Hall–Kier alpha value is -1.81. The molecule has 4 heteroatoms. The quantitative estimate of drug-likeness (QED) is 0.865. The van der Waals surface area contributed by atoms with Crippen molar-refractivity contribution in [3.8, 4) is 5.75 Å². The van der Waals surface area contributed by atoms with Gasteiger partial charge in [0, 0.05) is 18.7 Å². The Morgan fingerprint density at radius 1 is 1.37 bits per heavy atom. The van der Waals surface area contributed by atoms with Crippen LogP contribution in [-0.4, -0.2) is 11.2 Å². The maximum Gasteiger partial charge on any atom is 0.174 e. The van der Waals surface area contributed by atoms with Gasteiger partial charge in [0.25, 0.3) is 0 Å². The third kappa shape index (κ3) is 3.58. The van der Waals surface area contributed by atoms with Crippen molar-refractivity contribution in [3.05, 3.63) is 47.3 Å². The third-order valence-electron chi connectivity index (χ3n) is 3.13. The second-order valence-electron chi connectivity index (χ2n) is 5.04. The third-order valence-corrected chi connectivity index (χ3v) is 3.13. The van der Waals surface area contributed by atoms with Crippen molar-refractivity contribution in [2.45, 2.75) is 39.0 Å². The van der Waals surface area contributed by atoms with E-state index in [-0.39, 0.29) is 0 Å². The summed E-state index contributed by atoms with van der Waals surface area (Å²) >= 11 is 0. The number of rotatable bonds is 6. The molecule has 0 unspecified atom stereocenters.